The second-order valence-corrected chi connectivity index (χ2v) is 2.96. The Morgan fingerprint density at radius 2 is 2.46 bits per heavy atom. The second kappa shape index (κ2) is 4.63. The first kappa shape index (κ1) is 9.75. The molecule has 0 spiro atoms. The molecule has 0 aromatic carbocycles. The zero-order valence-corrected chi connectivity index (χ0v) is 8.04. The van der Waals surface area contributed by atoms with Gasteiger partial charge in [-0.15, -0.1) is 0 Å². The van der Waals surface area contributed by atoms with Crippen molar-refractivity contribution in [3.05, 3.63) is 17.5 Å². The quantitative estimate of drug-likeness (QED) is 0.691. The molecule has 1 aromatic rings. The van der Waals surface area contributed by atoms with Gasteiger partial charge in [0.05, 0.1) is 12.3 Å². The first-order valence-corrected chi connectivity index (χ1v) is 4.31. The van der Waals surface area contributed by atoms with Crippen LogP contribution in [0.2, 0.25) is 0 Å². The van der Waals surface area contributed by atoms with E-state index in [1.807, 2.05) is 24.9 Å². The molecule has 1 rings (SSSR count). The van der Waals surface area contributed by atoms with E-state index in [2.05, 4.69) is 16.5 Å². The Morgan fingerprint density at radius 3 is 3.00 bits per heavy atom. The lowest BCUT2D eigenvalue weighted by Gasteiger charge is -2.01. The van der Waals surface area contributed by atoms with Crippen molar-refractivity contribution < 1.29 is 0 Å². The molecule has 0 unspecified atom stereocenters. The van der Waals surface area contributed by atoms with Crippen LogP contribution in [0.15, 0.2) is 6.20 Å². The van der Waals surface area contributed by atoms with Crippen molar-refractivity contribution in [3.8, 4) is 6.07 Å². The molecule has 0 aliphatic carbocycles. The number of aryl methyl sites for hydroxylation is 1. The van der Waals surface area contributed by atoms with Crippen molar-refractivity contribution >= 4 is 0 Å². The minimum atomic E-state index is 0.555. The van der Waals surface area contributed by atoms with Gasteiger partial charge in [0, 0.05) is 37.8 Å². The van der Waals surface area contributed by atoms with Crippen LogP contribution in [0.3, 0.4) is 0 Å². The van der Waals surface area contributed by atoms with Crippen LogP contribution in [0.1, 0.15) is 17.7 Å². The predicted octanol–water partition coefficient (Wildman–Crippen LogP) is 0.732. The zero-order valence-electron chi connectivity index (χ0n) is 8.04. The minimum Gasteiger partial charge on any atom is -0.312 e. The van der Waals surface area contributed by atoms with Gasteiger partial charge in [0.2, 0.25) is 0 Å². The van der Waals surface area contributed by atoms with Crippen LogP contribution >= 0.6 is 0 Å². The highest BCUT2D eigenvalue weighted by molar-refractivity contribution is 5.15. The van der Waals surface area contributed by atoms with E-state index >= 15 is 0 Å². The van der Waals surface area contributed by atoms with Crippen molar-refractivity contribution in [1.82, 2.24) is 15.1 Å². The van der Waals surface area contributed by atoms with E-state index in [-0.39, 0.29) is 0 Å². The van der Waals surface area contributed by atoms with Crippen molar-refractivity contribution in [3.63, 3.8) is 0 Å². The van der Waals surface area contributed by atoms with Crippen LogP contribution in [0.25, 0.3) is 0 Å². The van der Waals surface area contributed by atoms with E-state index in [9.17, 15) is 0 Å². The maximum absolute atomic E-state index is 8.32. The molecule has 0 saturated carbocycles. The third-order valence-electron chi connectivity index (χ3n) is 2.07. The summed E-state index contributed by atoms with van der Waals surface area (Å²) >= 11 is 0. The first-order valence-electron chi connectivity index (χ1n) is 4.31. The van der Waals surface area contributed by atoms with Crippen LogP contribution in [-0.4, -0.2) is 16.3 Å². The molecule has 70 valence electrons. The minimum absolute atomic E-state index is 0.555. The highest BCUT2D eigenvalue weighted by atomic mass is 15.3. The Morgan fingerprint density at radius 1 is 1.69 bits per heavy atom. The highest BCUT2D eigenvalue weighted by Gasteiger charge is 2.01. The van der Waals surface area contributed by atoms with Gasteiger partial charge in [0.1, 0.15) is 0 Å². The fourth-order valence-electron chi connectivity index (χ4n) is 1.09. The zero-order chi connectivity index (χ0) is 9.68. The van der Waals surface area contributed by atoms with E-state index in [0.717, 1.165) is 13.1 Å². The number of nitrogens with zero attached hydrogens (tertiary/aromatic N) is 3. The van der Waals surface area contributed by atoms with Gasteiger partial charge in [0.15, 0.2) is 0 Å². The van der Waals surface area contributed by atoms with Gasteiger partial charge in [-0.25, -0.2) is 0 Å². The molecule has 4 nitrogen and oxygen atoms in total. The molecular weight excluding hydrogens is 164 g/mol. The Hall–Kier alpha value is -1.34. The van der Waals surface area contributed by atoms with Crippen LogP contribution in [0.5, 0.6) is 0 Å². The van der Waals surface area contributed by atoms with Crippen LogP contribution < -0.4 is 5.32 Å². The molecule has 0 atom stereocenters. The fourth-order valence-corrected chi connectivity index (χ4v) is 1.09. The monoisotopic (exact) mass is 178 g/mol. The maximum Gasteiger partial charge on any atom is 0.0635 e. The topological polar surface area (TPSA) is 53.6 Å². The molecule has 0 aliphatic rings. The summed E-state index contributed by atoms with van der Waals surface area (Å²) in [6.07, 6.45) is 2.41. The van der Waals surface area contributed by atoms with E-state index in [0.29, 0.717) is 6.42 Å². The molecule has 0 saturated heterocycles. The Bertz CT molecular complexity index is 308. The number of aromatic nitrogens is 2. The van der Waals surface area contributed by atoms with Crippen molar-refractivity contribution in [2.24, 2.45) is 7.05 Å². The van der Waals surface area contributed by atoms with Crippen molar-refractivity contribution in [1.29, 1.82) is 5.26 Å². The largest absolute Gasteiger partial charge is 0.312 e. The van der Waals surface area contributed by atoms with Crippen molar-refractivity contribution in [2.45, 2.75) is 19.9 Å². The molecule has 0 bridgehead atoms. The Labute approximate surface area is 78.2 Å². The van der Waals surface area contributed by atoms with Crippen LogP contribution in [-0.2, 0) is 13.6 Å². The summed E-state index contributed by atoms with van der Waals surface area (Å²) in [4.78, 5) is 0. The number of rotatable bonds is 4. The van der Waals surface area contributed by atoms with Gasteiger partial charge in [-0.3, -0.25) is 4.68 Å². The summed E-state index contributed by atoms with van der Waals surface area (Å²) in [6.45, 7) is 3.57. The second-order valence-electron chi connectivity index (χ2n) is 2.96. The van der Waals surface area contributed by atoms with Gasteiger partial charge in [0.25, 0.3) is 0 Å². The Balaban J connectivity index is 2.38. The lowest BCUT2D eigenvalue weighted by atomic mass is 10.2. The summed E-state index contributed by atoms with van der Waals surface area (Å²) in [5.74, 6) is 0. The van der Waals surface area contributed by atoms with E-state index in [4.69, 9.17) is 5.26 Å². The molecule has 1 aromatic heterocycles. The van der Waals surface area contributed by atoms with E-state index in [1.54, 1.807) is 0 Å². The van der Waals surface area contributed by atoms with Gasteiger partial charge in [-0.2, -0.15) is 10.4 Å². The molecule has 0 aliphatic heterocycles. The summed E-state index contributed by atoms with van der Waals surface area (Å²) < 4.78 is 1.85. The summed E-state index contributed by atoms with van der Waals surface area (Å²) in [5.41, 5.74) is 2.37. The van der Waals surface area contributed by atoms with Gasteiger partial charge >= 0.3 is 0 Å². The number of nitriles is 1. The smallest absolute Gasteiger partial charge is 0.0635 e. The third kappa shape index (κ3) is 2.56. The Kier molecular flexibility index (Phi) is 3.47. The predicted molar refractivity (Wildman–Crippen MR) is 49.9 cm³/mol. The van der Waals surface area contributed by atoms with E-state index < -0.39 is 0 Å². The highest BCUT2D eigenvalue weighted by Crippen LogP contribution is 2.04. The van der Waals surface area contributed by atoms with Crippen LogP contribution in [0, 0.1) is 18.3 Å². The number of hydrogen-bond donors (Lipinski definition) is 1. The number of hydrogen-bond acceptors (Lipinski definition) is 3. The fraction of sp³-hybridized carbons (Fsp3) is 0.556. The number of nitrogens with one attached hydrogen (secondary N) is 1. The lowest BCUT2D eigenvalue weighted by Crippen LogP contribution is -2.14. The standard InChI is InChI=1S/C9H14N4/c1-8-9(7-12-13(8)2)6-11-5-3-4-10/h7,11H,3,5-6H2,1-2H3. The summed E-state index contributed by atoms with van der Waals surface area (Å²) in [6, 6.07) is 2.09. The lowest BCUT2D eigenvalue weighted by molar-refractivity contribution is 0.690. The molecule has 4 heteroatoms. The summed E-state index contributed by atoms with van der Waals surface area (Å²) in [7, 11) is 1.92. The van der Waals surface area contributed by atoms with Gasteiger partial charge in [-0.05, 0) is 6.92 Å². The SMILES string of the molecule is Cc1c(CNCCC#N)cnn1C. The summed E-state index contributed by atoms with van der Waals surface area (Å²) in [5, 5.41) is 15.6. The van der Waals surface area contributed by atoms with Crippen LogP contribution in [0.4, 0.5) is 0 Å². The molecule has 0 fully saturated rings. The first-order chi connectivity index (χ1) is 6.25. The normalized spacial score (nSPS) is 9.92. The van der Waals surface area contributed by atoms with E-state index in [1.165, 1.54) is 11.3 Å². The third-order valence-corrected chi connectivity index (χ3v) is 2.07. The average molecular weight is 178 g/mol. The van der Waals surface area contributed by atoms with Crippen molar-refractivity contribution in [2.75, 3.05) is 6.54 Å². The molecule has 1 N–H and O–H groups in total. The maximum atomic E-state index is 8.32. The molecular formula is C9H14N4. The average Bonchev–Trinajstić information content (AvgIpc) is 2.43. The molecule has 0 amide bonds. The molecule has 1 heterocycles. The van der Waals surface area contributed by atoms with Gasteiger partial charge < -0.3 is 5.32 Å². The molecule has 13 heavy (non-hydrogen) atoms. The van der Waals surface area contributed by atoms with Gasteiger partial charge in [-0.1, -0.05) is 0 Å². The molecule has 0 radical (unpaired) electrons.